The van der Waals surface area contributed by atoms with Crippen molar-refractivity contribution in [3.63, 3.8) is 0 Å². The lowest BCUT2D eigenvalue weighted by molar-refractivity contribution is -0.181. The Kier molecular flexibility index (Phi) is 6.70. The molecule has 182 valence electrons. The molecule has 0 aromatic heterocycles. The predicted octanol–water partition coefficient (Wildman–Crippen LogP) is 5.14. The van der Waals surface area contributed by atoms with Crippen LogP contribution >= 0.6 is 0 Å². The second-order valence-corrected chi connectivity index (χ2v) is 12.1. The lowest BCUT2D eigenvalue weighted by atomic mass is 9.43. The van der Waals surface area contributed by atoms with Gasteiger partial charge in [-0.2, -0.15) is 0 Å². The van der Waals surface area contributed by atoms with E-state index in [0.717, 1.165) is 32.1 Å². The van der Waals surface area contributed by atoms with E-state index in [1.807, 2.05) is 0 Å². The number of esters is 2. The van der Waals surface area contributed by atoms with E-state index in [-0.39, 0.29) is 35.0 Å². The fraction of sp³-hybridized carbons (Fsp3) is 0.926. The molecular weight excluding hydrogens is 404 g/mol. The molecule has 5 nitrogen and oxygen atoms in total. The highest BCUT2D eigenvalue weighted by atomic mass is 16.5. The normalized spacial score (nSPS) is 46.4. The molecule has 0 bridgehead atoms. The van der Waals surface area contributed by atoms with Crippen molar-refractivity contribution in [2.75, 3.05) is 7.11 Å². The molecule has 5 heteroatoms. The van der Waals surface area contributed by atoms with Crippen molar-refractivity contribution in [2.24, 2.45) is 46.3 Å². The lowest BCUT2D eigenvalue weighted by Gasteiger charge is -2.62. The number of carbonyl (C=O) groups is 2. The van der Waals surface area contributed by atoms with Crippen LogP contribution in [0.1, 0.15) is 91.9 Å². The number of hydrogen-bond acceptors (Lipinski definition) is 5. The molecule has 10 unspecified atom stereocenters. The molecule has 4 saturated carbocycles. The van der Waals surface area contributed by atoms with Gasteiger partial charge in [0.1, 0.15) is 6.10 Å². The van der Waals surface area contributed by atoms with E-state index >= 15 is 0 Å². The Bertz CT molecular complexity index is 721. The van der Waals surface area contributed by atoms with Crippen LogP contribution in [0.25, 0.3) is 0 Å². The molecule has 4 fully saturated rings. The first-order chi connectivity index (χ1) is 15.1. The lowest BCUT2D eigenvalue weighted by Crippen LogP contribution is -2.59. The Hall–Kier alpha value is -1.10. The third kappa shape index (κ3) is 3.91. The summed E-state index contributed by atoms with van der Waals surface area (Å²) in [6, 6.07) is 0. The van der Waals surface area contributed by atoms with E-state index in [9.17, 15) is 14.7 Å². The molecule has 0 spiro atoms. The Balaban J connectivity index is 1.50. The topological polar surface area (TPSA) is 72.8 Å². The van der Waals surface area contributed by atoms with Gasteiger partial charge in [-0.15, -0.1) is 0 Å². The van der Waals surface area contributed by atoms with Gasteiger partial charge in [-0.3, -0.25) is 9.59 Å². The molecule has 0 aromatic carbocycles. The molecule has 0 aromatic rings. The van der Waals surface area contributed by atoms with Crippen LogP contribution in [-0.4, -0.2) is 36.4 Å². The van der Waals surface area contributed by atoms with E-state index in [1.165, 1.54) is 39.7 Å². The molecule has 0 amide bonds. The summed E-state index contributed by atoms with van der Waals surface area (Å²) in [5.41, 5.74) is 0.200. The van der Waals surface area contributed by atoms with Gasteiger partial charge in [-0.25, -0.2) is 0 Å². The molecule has 1 N–H and O–H groups in total. The molecule has 0 aliphatic heterocycles. The fourth-order valence-electron chi connectivity index (χ4n) is 9.13. The van der Waals surface area contributed by atoms with Crippen molar-refractivity contribution in [1.82, 2.24) is 0 Å². The summed E-state index contributed by atoms with van der Waals surface area (Å²) in [6.07, 6.45) is 9.92. The quantitative estimate of drug-likeness (QED) is 0.590. The summed E-state index contributed by atoms with van der Waals surface area (Å²) in [5, 5.41) is 11.6. The number of ether oxygens (including phenoxy) is 2. The standard InChI is InChI=1S/C27H44O5/c1-16(6-11-25(30)31-5)21-9-10-22-20-8-7-18-14-19(32-17(2)28)12-13-26(18,3)23(20)15-24(29)27(21,22)4/h16,18-24,29H,6-15H2,1-5H3. The van der Waals surface area contributed by atoms with Gasteiger partial charge in [-0.1, -0.05) is 20.8 Å². The molecule has 4 aliphatic rings. The van der Waals surface area contributed by atoms with E-state index in [2.05, 4.69) is 20.8 Å². The summed E-state index contributed by atoms with van der Waals surface area (Å²) in [5.74, 6) is 3.02. The number of aliphatic hydroxyl groups is 1. The number of hydrogen-bond donors (Lipinski definition) is 1. The molecule has 32 heavy (non-hydrogen) atoms. The summed E-state index contributed by atoms with van der Waals surface area (Å²) >= 11 is 0. The fourth-order valence-corrected chi connectivity index (χ4v) is 9.13. The molecule has 0 heterocycles. The van der Waals surface area contributed by atoms with E-state index < -0.39 is 0 Å². The van der Waals surface area contributed by atoms with Gasteiger partial charge < -0.3 is 14.6 Å². The average Bonchev–Trinajstić information content (AvgIpc) is 3.11. The third-order valence-corrected chi connectivity index (χ3v) is 10.8. The minimum atomic E-state index is -0.274. The summed E-state index contributed by atoms with van der Waals surface area (Å²) in [4.78, 5) is 23.2. The predicted molar refractivity (Wildman–Crippen MR) is 123 cm³/mol. The maximum absolute atomic E-state index is 11.7. The van der Waals surface area contributed by atoms with Crippen molar-refractivity contribution in [1.29, 1.82) is 0 Å². The number of methoxy groups -OCH3 is 1. The second-order valence-electron chi connectivity index (χ2n) is 12.1. The van der Waals surface area contributed by atoms with Gasteiger partial charge in [0.05, 0.1) is 13.2 Å². The smallest absolute Gasteiger partial charge is 0.305 e. The van der Waals surface area contributed by atoms with Crippen molar-refractivity contribution in [3.05, 3.63) is 0 Å². The summed E-state index contributed by atoms with van der Waals surface area (Å²) in [6.45, 7) is 8.62. The Morgan fingerprint density at radius 3 is 2.50 bits per heavy atom. The highest BCUT2D eigenvalue weighted by Gasteiger charge is 2.63. The first-order valence-corrected chi connectivity index (χ1v) is 13.0. The zero-order valence-corrected chi connectivity index (χ0v) is 20.8. The molecule has 4 rings (SSSR count). The van der Waals surface area contributed by atoms with Gasteiger partial charge in [-0.05, 0) is 104 Å². The minimum Gasteiger partial charge on any atom is -0.469 e. The second kappa shape index (κ2) is 8.92. The molecule has 10 atom stereocenters. The summed E-state index contributed by atoms with van der Waals surface area (Å²) < 4.78 is 10.5. The maximum atomic E-state index is 11.7. The molecule has 0 radical (unpaired) electrons. The number of rotatable bonds is 5. The molecule has 0 saturated heterocycles. The number of fused-ring (bicyclic) bond motifs is 5. The monoisotopic (exact) mass is 448 g/mol. The van der Waals surface area contributed by atoms with Crippen molar-refractivity contribution < 1.29 is 24.2 Å². The summed E-state index contributed by atoms with van der Waals surface area (Å²) in [7, 11) is 1.46. The van der Waals surface area contributed by atoms with Gasteiger partial charge in [0.25, 0.3) is 0 Å². The van der Waals surface area contributed by atoms with Crippen LogP contribution in [0.3, 0.4) is 0 Å². The van der Waals surface area contributed by atoms with Crippen molar-refractivity contribution in [3.8, 4) is 0 Å². The van der Waals surface area contributed by atoms with Crippen LogP contribution in [0, 0.1) is 46.3 Å². The Morgan fingerprint density at radius 2 is 1.81 bits per heavy atom. The van der Waals surface area contributed by atoms with Crippen molar-refractivity contribution in [2.45, 2.75) is 104 Å². The van der Waals surface area contributed by atoms with E-state index in [0.29, 0.717) is 41.9 Å². The molecule has 4 aliphatic carbocycles. The van der Waals surface area contributed by atoms with E-state index in [1.54, 1.807) is 0 Å². The number of aliphatic hydroxyl groups excluding tert-OH is 1. The van der Waals surface area contributed by atoms with Crippen molar-refractivity contribution >= 4 is 11.9 Å². The van der Waals surface area contributed by atoms with Gasteiger partial charge in [0, 0.05) is 13.3 Å². The number of carbonyl (C=O) groups excluding carboxylic acids is 2. The SMILES string of the molecule is COC(=O)CCC(C)C1CCC2C3CCC4CC(OC(C)=O)CCC4(C)C3CC(O)C12C. The maximum Gasteiger partial charge on any atom is 0.305 e. The first-order valence-electron chi connectivity index (χ1n) is 13.0. The zero-order chi connectivity index (χ0) is 23.3. The minimum absolute atomic E-state index is 0.0468. The van der Waals surface area contributed by atoms with Crippen LogP contribution in [-0.2, 0) is 19.1 Å². The van der Waals surface area contributed by atoms with Gasteiger partial charge in [0.2, 0.25) is 0 Å². The van der Waals surface area contributed by atoms with Gasteiger partial charge in [0.15, 0.2) is 0 Å². The highest BCUT2D eigenvalue weighted by molar-refractivity contribution is 5.69. The van der Waals surface area contributed by atoms with Crippen LogP contribution in [0.5, 0.6) is 0 Å². The average molecular weight is 449 g/mol. The largest absolute Gasteiger partial charge is 0.469 e. The van der Waals surface area contributed by atoms with E-state index in [4.69, 9.17) is 9.47 Å². The Labute approximate surface area is 194 Å². The third-order valence-electron chi connectivity index (χ3n) is 10.8. The molecular formula is C27H44O5. The van der Waals surface area contributed by atoms with Crippen LogP contribution < -0.4 is 0 Å². The van der Waals surface area contributed by atoms with Crippen LogP contribution in [0.4, 0.5) is 0 Å². The first kappa shape index (κ1) is 24.0. The van der Waals surface area contributed by atoms with Gasteiger partial charge >= 0.3 is 11.9 Å². The van der Waals surface area contributed by atoms with Crippen LogP contribution in [0.2, 0.25) is 0 Å². The zero-order valence-electron chi connectivity index (χ0n) is 20.8. The van der Waals surface area contributed by atoms with Crippen LogP contribution in [0.15, 0.2) is 0 Å². The Morgan fingerprint density at radius 1 is 1.06 bits per heavy atom. The highest BCUT2D eigenvalue weighted by Crippen LogP contribution is 2.68.